The minimum atomic E-state index is -0.206. The fourth-order valence-corrected chi connectivity index (χ4v) is 1.74. The maximum atomic E-state index is 12.1. The highest BCUT2D eigenvalue weighted by atomic mass is 16.1. The Labute approximate surface area is 112 Å². The Hall–Kier alpha value is -1.11. The highest BCUT2D eigenvalue weighted by Crippen LogP contribution is 2.25. The smallest absolute Gasteiger partial charge is 0.142 e. The van der Waals surface area contributed by atoms with Gasteiger partial charge in [-0.2, -0.15) is 0 Å². The predicted octanol–water partition coefficient (Wildman–Crippen LogP) is 4.53. The summed E-state index contributed by atoms with van der Waals surface area (Å²) >= 11 is 0. The first kappa shape index (κ1) is 14.9. The lowest BCUT2D eigenvalue weighted by atomic mass is 9.82. The van der Waals surface area contributed by atoms with E-state index in [-0.39, 0.29) is 10.8 Å². The molecular formula is C17H26O. The van der Waals surface area contributed by atoms with Crippen molar-refractivity contribution in [3.63, 3.8) is 0 Å². The molecule has 18 heavy (non-hydrogen) atoms. The maximum absolute atomic E-state index is 12.1. The lowest BCUT2D eigenvalue weighted by Gasteiger charge is -2.22. The molecule has 1 aromatic carbocycles. The third kappa shape index (κ3) is 3.69. The predicted molar refractivity (Wildman–Crippen MR) is 77.9 cm³/mol. The molecule has 0 aliphatic carbocycles. The van der Waals surface area contributed by atoms with Gasteiger partial charge in [0, 0.05) is 11.8 Å². The minimum absolute atomic E-state index is 0.172. The van der Waals surface area contributed by atoms with Crippen LogP contribution in [0.1, 0.15) is 59.1 Å². The molecule has 1 heteroatoms. The van der Waals surface area contributed by atoms with Crippen molar-refractivity contribution >= 4 is 5.78 Å². The number of hydrogen-bond donors (Lipinski definition) is 0. The van der Waals surface area contributed by atoms with Crippen LogP contribution in [0.4, 0.5) is 0 Å². The summed E-state index contributed by atoms with van der Waals surface area (Å²) in [6.07, 6.45) is 1.44. The summed E-state index contributed by atoms with van der Waals surface area (Å²) in [4.78, 5) is 12.1. The Morgan fingerprint density at radius 2 is 1.50 bits per heavy atom. The van der Waals surface area contributed by atoms with Crippen molar-refractivity contribution in [2.45, 2.75) is 59.8 Å². The van der Waals surface area contributed by atoms with Gasteiger partial charge in [0.25, 0.3) is 0 Å². The second kappa shape index (κ2) is 5.26. The fourth-order valence-electron chi connectivity index (χ4n) is 1.74. The maximum Gasteiger partial charge on any atom is 0.142 e. The van der Waals surface area contributed by atoms with Crippen LogP contribution in [-0.2, 0) is 16.6 Å². The van der Waals surface area contributed by atoms with Crippen molar-refractivity contribution in [3.8, 4) is 0 Å². The second-order valence-electron chi connectivity index (χ2n) is 6.78. The van der Waals surface area contributed by atoms with Gasteiger partial charge < -0.3 is 0 Å². The summed E-state index contributed by atoms with van der Waals surface area (Å²) in [5, 5.41) is 0. The number of hydrogen-bond acceptors (Lipinski definition) is 1. The lowest BCUT2D eigenvalue weighted by Crippen LogP contribution is -2.25. The van der Waals surface area contributed by atoms with E-state index >= 15 is 0 Å². The van der Waals surface area contributed by atoms with Crippen LogP contribution in [0, 0.1) is 5.41 Å². The molecule has 0 heterocycles. The zero-order valence-electron chi connectivity index (χ0n) is 12.6. The monoisotopic (exact) mass is 246 g/mol. The Bertz CT molecular complexity index is 404. The van der Waals surface area contributed by atoms with Gasteiger partial charge in [-0.05, 0) is 23.0 Å². The normalized spacial score (nSPS) is 12.6. The van der Waals surface area contributed by atoms with E-state index in [0.717, 1.165) is 12.0 Å². The van der Waals surface area contributed by atoms with Gasteiger partial charge in [-0.3, -0.25) is 4.79 Å². The average molecular weight is 246 g/mol. The van der Waals surface area contributed by atoms with Crippen molar-refractivity contribution in [1.29, 1.82) is 0 Å². The molecule has 0 aliphatic heterocycles. The summed E-state index contributed by atoms with van der Waals surface area (Å²) in [6, 6.07) is 8.46. The van der Waals surface area contributed by atoms with Crippen LogP contribution in [0.2, 0.25) is 0 Å². The molecule has 0 radical (unpaired) electrons. The molecule has 1 nitrogen and oxygen atoms in total. The summed E-state index contributed by atoms with van der Waals surface area (Å²) in [6.45, 7) is 12.7. The second-order valence-corrected chi connectivity index (χ2v) is 6.78. The third-order valence-electron chi connectivity index (χ3n) is 3.82. The highest BCUT2D eigenvalue weighted by molar-refractivity contribution is 5.86. The Morgan fingerprint density at radius 1 is 1.00 bits per heavy atom. The van der Waals surface area contributed by atoms with E-state index in [1.165, 1.54) is 5.56 Å². The van der Waals surface area contributed by atoms with Gasteiger partial charge in [-0.15, -0.1) is 0 Å². The van der Waals surface area contributed by atoms with E-state index in [4.69, 9.17) is 0 Å². The van der Waals surface area contributed by atoms with Gasteiger partial charge in [0.1, 0.15) is 5.78 Å². The molecule has 0 aromatic heterocycles. The van der Waals surface area contributed by atoms with Crippen LogP contribution < -0.4 is 0 Å². The molecule has 1 aromatic rings. The molecule has 1 rings (SSSR count). The van der Waals surface area contributed by atoms with Crippen molar-refractivity contribution < 1.29 is 4.79 Å². The van der Waals surface area contributed by atoms with Gasteiger partial charge >= 0.3 is 0 Å². The molecule has 0 saturated heterocycles. The molecule has 0 aliphatic rings. The van der Waals surface area contributed by atoms with Crippen molar-refractivity contribution in [2.24, 2.45) is 5.41 Å². The molecule has 0 saturated carbocycles. The fraction of sp³-hybridized carbons (Fsp3) is 0.588. The van der Waals surface area contributed by atoms with Crippen LogP contribution in [0.25, 0.3) is 0 Å². The van der Waals surface area contributed by atoms with E-state index in [0.29, 0.717) is 12.2 Å². The molecule has 0 amide bonds. The number of benzene rings is 1. The number of ketones is 1. The number of rotatable bonds is 4. The van der Waals surface area contributed by atoms with Gasteiger partial charge in [-0.25, -0.2) is 0 Å². The lowest BCUT2D eigenvalue weighted by molar-refractivity contribution is -0.126. The molecule has 0 spiro atoms. The Morgan fingerprint density at radius 3 is 1.89 bits per heavy atom. The molecule has 0 N–H and O–H groups in total. The standard InChI is InChI=1S/C17H26O/c1-7-17(5,6)15(18)12-13-8-10-14(11-9-13)16(2,3)4/h8-11H,7,12H2,1-6H3. The minimum Gasteiger partial charge on any atom is -0.299 e. The Kier molecular flexibility index (Phi) is 4.37. The van der Waals surface area contributed by atoms with Gasteiger partial charge in [0.2, 0.25) is 0 Å². The molecular weight excluding hydrogens is 220 g/mol. The SMILES string of the molecule is CCC(C)(C)C(=O)Cc1ccc(C(C)(C)C)cc1. The van der Waals surface area contributed by atoms with Crippen LogP contribution in [0.5, 0.6) is 0 Å². The highest BCUT2D eigenvalue weighted by Gasteiger charge is 2.25. The van der Waals surface area contributed by atoms with Crippen LogP contribution in [0.3, 0.4) is 0 Å². The van der Waals surface area contributed by atoms with E-state index in [1.807, 2.05) is 13.8 Å². The van der Waals surface area contributed by atoms with Crippen molar-refractivity contribution in [1.82, 2.24) is 0 Å². The van der Waals surface area contributed by atoms with E-state index < -0.39 is 0 Å². The average Bonchev–Trinajstić information content (AvgIpc) is 2.28. The van der Waals surface area contributed by atoms with E-state index in [9.17, 15) is 4.79 Å². The van der Waals surface area contributed by atoms with Gasteiger partial charge in [0.15, 0.2) is 0 Å². The first-order chi connectivity index (χ1) is 8.16. The summed E-state index contributed by atoms with van der Waals surface area (Å²) in [7, 11) is 0. The largest absolute Gasteiger partial charge is 0.299 e. The number of Topliss-reactive ketones (excluding diaryl/α,β-unsaturated/α-hetero) is 1. The molecule has 100 valence electrons. The Balaban J connectivity index is 2.79. The molecule has 0 fully saturated rings. The quantitative estimate of drug-likeness (QED) is 0.762. The third-order valence-corrected chi connectivity index (χ3v) is 3.82. The topological polar surface area (TPSA) is 17.1 Å². The van der Waals surface area contributed by atoms with Crippen LogP contribution in [0.15, 0.2) is 24.3 Å². The van der Waals surface area contributed by atoms with Crippen LogP contribution in [-0.4, -0.2) is 5.78 Å². The number of carbonyl (C=O) groups is 1. The zero-order chi connectivity index (χ0) is 14.0. The molecule has 0 atom stereocenters. The van der Waals surface area contributed by atoms with Gasteiger partial charge in [-0.1, -0.05) is 65.8 Å². The molecule has 0 unspecified atom stereocenters. The first-order valence-electron chi connectivity index (χ1n) is 6.79. The zero-order valence-corrected chi connectivity index (χ0v) is 12.6. The van der Waals surface area contributed by atoms with E-state index in [1.54, 1.807) is 0 Å². The summed E-state index contributed by atoms with van der Waals surface area (Å²) in [5.74, 6) is 0.327. The molecule has 0 bridgehead atoms. The van der Waals surface area contributed by atoms with Crippen molar-refractivity contribution in [2.75, 3.05) is 0 Å². The summed E-state index contributed by atoms with van der Waals surface area (Å²) < 4.78 is 0. The van der Waals surface area contributed by atoms with Crippen molar-refractivity contribution in [3.05, 3.63) is 35.4 Å². The van der Waals surface area contributed by atoms with E-state index in [2.05, 4.69) is 52.0 Å². The van der Waals surface area contributed by atoms with Gasteiger partial charge in [0.05, 0.1) is 0 Å². The summed E-state index contributed by atoms with van der Waals surface area (Å²) in [5.41, 5.74) is 2.40. The van der Waals surface area contributed by atoms with Crippen LogP contribution >= 0.6 is 0 Å². The first-order valence-corrected chi connectivity index (χ1v) is 6.79. The number of carbonyl (C=O) groups excluding carboxylic acids is 1.